The fourth-order valence-corrected chi connectivity index (χ4v) is 7.72. The second-order valence-electron chi connectivity index (χ2n) is 10.6. The fourth-order valence-electron chi connectivity index (χ4n) is 6.87. The van der Waals surface area contributed by atoms with Crippen molar-refractivity contribution in [1.82, 2.24) is 20.1 Å². The first kappa shape index (κ1) is 22.7. The summed E-state index contributed by atoms with van der Waals surface area (Å²) >= 11 is 1.46. The van der Waals surface area contributed by atoms with Gasteiger partial charge >= 0.3 is 0 Å². The first-order valence-electron chi connectivity index (χ1n) is 12.6. The molecule has 0 saturated heterocycles. The second-order valence-corrected chi connectivity index (χ2v) is 12.0. The van der Waals surface area contributed by atoms with Crippen LogP contribution in [0.4, 0.5) is 0 Å². The molecule has 4 aliphatic carbocycles. The molecule has 7 nitrogen and oxygen atoms in total. The van der Waals surface area contributed by atoms with Crippen LogP contribution in [0.2, 0.25) is 0 Å². The van der Waals surface area contributed by atoms with Crippen LogP contribution in [-0.4, -0.2) is 38.6 Å². The van der Waals surface area contributed by atoms with Crippen LogP contribution < -0.4 is 10.1 Å². The third-order valence-corrected chi connectivity index (χ3v) is 9.12. The Balaban J connectivity index is 1.22. The molecule has 4 bridgehead atoms. The van der Waals surface area contributed by atoms with E-state index in [4.69, 9.17) is 9.15 Å². The van der Waals surface area contributed by atoms with Crippen LogP contribution in [0.5, 0.6) is 5.75 Å². The molecule has 35 heavy (non-hydrogen) atoms. The minimum atomic E-state index is -0.272. The van der Waals surface area contributed by atoms with Crippen LogP contribution in [0.15, 0.2) is 52.2 Å². The summed E-state index contributed by atoms with van der Waals surface area (Å²) in [5.41, 5.74) is 0.943. The maximum Gasteiger partial charge on any atom is 0.233 e. The van der Waals surface area contributed by atoms with E-state index in [1.165, 1.54) is 31.0 Å². The lowest BCUT2D eigenvalue weighted by Crippen LogP contribution is -2.60. The minimum absolute atomic E-state index is 0.0107. The zero-order valence-corrected chi connectivity index (χ0v) is 21.1. The normalized spacial score (nSPS) is 27.7. The summed E-state index contributed by atoms with van der Waals surface area (Å²) in [7, 11) is 1.65. The standard InChI is InChI=1S/C27H32N4O3S/c1-17(25(32)28-27-13-18-10-19(14-27)12-20(11-18)15-27)35-26-30-29-24(21-5-7-22(33-2)8-6-21)31(26)16-23-4-3-9-34-23/h3-9,17-20H,10-16H2,1-2H3,(H,28,32). The monoisotopic (exact) mass is 492 g/mol. The van der Waals surface area contributed by atoms with Crippen molar-refractivity contribution in [2.75, 3.05) is 7.11 Å². The summed E-state index contributed by atoms with van der Waals surface area (Å²) in [4.78, 5) is 13.4. The predicted molar refractivity (Wildman–Crippen MR) is 134 cm³/mol. The number of ether oxygens (including phenoxy) is 1. The number of rotatable bonds is 8. The molecule has 1 amide bonds. The van der Waals surface area contributed by atoms with Gasteiger partial charge in [-0.1, -0.05) is 11.8 Å². The Morgan fingerprint density at radius 1 is 1.14 bits per heavy atom. The van der Waals surface area contributed by atoms with Gasteiger partial charge in [-0.2, -0.15) is 0 Å². The summed E-state index contributed by atoms with van der Waals surface area (Å²) in [5, 5.41) is 12.9. The van der Waals surface area contributed by atoms with Gasteiger partial charge in [-0.15, -0.1) is 10.2 Å². The Hall–Kier alpha value is -2.74. The molecule has 4 aliphatic rings. The molecule has 0 aliphatic heterocycles. The van der Waals surface area contributed by atoms with E-state index in [2.05, 4.69) is 15.5 Å². The molecular weight excluding hydrogens is 460 g/mol. The molecule has 2 aromatic heterocycles. The number of benzene rings is 1. The highest BCUT2D eigenvalue weighted by Gasteiger charge is 2.51. The quantitative estimate of drug-likeness (QED) is 0.438. The molecule has 1 atom stereocenters. The summed E-state index contributed by atoms with van der Waals surface area (Å²) in [6.07, 6.45) is 9.21. The van der Waals surface area contributed by atoms with Gasteiger partial charge in [-0.25, -0.2) is 0 Å². The average molecular weight is 493 g/mol. The number of methoxy groups -OCH3 is 1. The Kier molecular flexibility index (Phi) is 5.87. The topological polar surface area (TPSA) is 82.2 Å². The summed E-state index contributed by atoms with van der Waals surface area (Å²) < 4.78 is 12.9. The van der Waals surface area contributed by atoms with Crippen LogP contribution in [0.25, 0.3) is 11.4 Å². The summed E-state index contributed by atoms with van der Waals surface area (Å²) in [6.45, 7) is 2.46. The predicted octanol–water partition coefficient (Wildman–Crippen LogP) is 5.16. The van der Waals surface area contributed by atoms with E-state index in [1.807, 2.05) is 47.9 Å². The molecule has 0 radical (unpaired) electrons. The fraction of sp³-hybridized carbons (Fsp3) is 0.519. The van der Waals surface area contributed by atoms with Crippen LogP contribution in [0.1, 0.15) is 51.2 Å². The summed E-state index contributed by atoms with van der Waals surface area (Å²) in [5.74, 6) is 4.84. The van der Waals surface area contributed by atoms with E-state index in [0.29, 0.717) is 11.7 Å². The first-order chi connectivity index (χ1) is 17.0. The zero-order valence-electron chi connectivity index (χ0n) is 20.3. The molecule has 0 spiro atoms. The molecule has 184 valence electrons. The number of hydrogen-bond donors (Lipinski definition) is 1. The van der Waals surface area contributed by atoms with Gasteiger partial charge < -0.3 is 14.5 Å². The van der Waals surface area contributed by atoms with E-state index in [9.17, 15) is 4.79 Å². The lowest BCUT2D eigenvalue weighted by molar-refractivity contribution is -0.126. The van der Waals surface area contributed by atoms with Gasteiger partial charge in [0.25, 0.3) is 0 Å². The van der Waals surface area contributed by atoms with Crippen molar-refractivity contribution >= 4 is 17.7 Å². The molecule has 3 aromatic rings. The van der Waals surface area contributed by atoms with Gasteiger partial charge in [-0.3, -0.25) is 9.36 Å². The van der Waals surface area contributed by atoms with E-state index >= 15 is 0 Å². The minimum Gasteiger partial charge on any atom is -0.497 e. The number of aromatic nitrogens is 3. The molecule has 7 rings (SSSR count). The van der Waals surface area contributed by atoms with Gasteiger partial charge in [-0.05, 0) is 99.6 Å². The lowest BCUT2D eigenvalue weighted by atomic mass is 9.53. The highest BCUT2D eigenvalue weighted by Crippen LogP contribution is 2.55. The smallest absolute Gasteiger partial charge is 0.233 e. The Morgan fingerprint density at radius 3 is 2.43 bits per heavy atom. The van der Waals surface area contributed by atoms with E-state index < -0.39 is 0 Å². The number of furan rings is 1. The van der Waals surface area contributed by atoms with E-state index in [1.54, 1.807) is 13.4 Å². The largest absolute Gasteiger partial charge is 0.497 e. The van der Waals surface area contributed by atoms with Gasteiger partial charge in [0.1, 0.15) is 11.5 Å². The van der Waals surface area contributed by atoms with E-state index in [-0.39, 0.29) is 16.7 Å². The molecule has 8 heteroatoms. The molecular formula is C27H32N4O3S. The highest BCUT2D eigenvalue weighted by molar-refractivity contribution is 8.00. The van der Waals surface area contributed by atoms with Crippen LogP contribution >= 0.6 is 11.8 Å². The first-order valence-corrected chi connectivity index (χ1v) is 13.5. The number of nitrogens with one attached hydrogen (secondary N) is 1. The van der Waals surface area contributed by atoms with Crippen LogP contribution in [-0.2, 0) is 11.3 Å². The van der Waals surface area contributed by atoms with Crippen molar-refractivity contribution in [2.24, 2.45) is 17.8 Å². The number of amides is 1. The highest BCUT2D eigenvalue weighted by atomic mass is 32.2. The van der Waals surface area contributed by atoms with Gasteiger partial charge in [0.2, 0.25) is 5.91 Å². The van der Waals surface area contributed by atoms with Gasteiger partial charge in [0, 0.05) is 11.1 Å². The van der Waals surface area contributed by atoms with Crippen molar-refractivity contribution in [3.63, 3.8) is 0 Å². The molecule has 1 N–H and O–H groups in total. The number of nitrogens with zero attached hydrogens (tertiary/aromatic N) is 3. The SMILES string of the molecule is COc1ccc(-c2nnc(SC(C)C(=O)NC34CC5CC(CC(C5)C3)C4)n2Cc2ccco2)cc1. The number of thioether (sulfide) groups is 1. The zero-order chi connectivity index (χ0) is 24.0. The Bertz CT molecular complexity index is 1150. The van der Waals surface area contributed by atoms with Crippen LogP contribution in [0.3, 0.4) is 0 Å². The van der Waals surface area contributed by atoms with Crippen molar-refractivity contribution in [3.8, 4) is 17.1 Å². The van der Waals surface area contributed by atoms with Crippen molar-refractivity contribution in [2.45, 2.75) is 67.9 Å². The molecule has 2 heterocycles. The summed E-state index contributed by atoms with van der Waals surface area (Å²) in [6, 6.07) is 11.6. The third kappa shape index (κ3) is 4.48. The Morgan fingerprint density at radius 2 is 1.83 bits per heavy atom. The molecule has 4 fully saturated rings. The van der Waals surface area contributed by atoms with Crippen molar-refractivity contribution < 1.29 is 13.9 Å². The maximum absolute atomic E-state index is 13.4. The Labute approximate surface area is 210 Å². The van der Waals surface area contributed by atoms with Crippen LogP contribution in [0, 0.1) is 17.8 Å². The molecule has 1 unspecified atom stereocenters. The average Bonchev–Trinajstić information content (AvgIpc) is 3.49. The second kappa shape index (κ2) is 9.04. The molecule has 4 saturated carbocycles. The number of carbonyl (C=O) groups is 1. The maximum atomic E-state index is 13.4. The molecule has 1 aromatic carbocycles. The number of hydrogen-bond acceptors (Lipinski definition) is 6. The van der Waals surface area contributed by atoms with E-state index in [0.717, 1.165) is 59.9 Å². The van der Waals surface area contributed by atoms with Gasteiger partial charge in [0.15, 0.2) is 11.0 Å². The lowest BCUT2D eigenvalue weighted by Gasteiger charge is -2.57. The van der Waals surface area contributed by atoms with Crippen molar-refractivity contribution in [1.29, 1.82) is 0 Å². The number of carbonyl (C=O) groups excluding carboxylic acids is 1. The van der Waals surface area contributed by atoms with Crippen molar-refractivity contribution in [3.05, 3.63) is 48.4 Å². The van der Waals surface area contributed by atoms with Gasteiger partial charge in [0.05, 0.1) is 25.2 Å². The third-order valence-electron chi connectivity index (χ3n) is 8.04.